The average Bonchev–Trinajstić information content (AvgIpc) is 2.68. The zero-order valence-electron chi connectivity index (χ0n) is 9.03. The maximum absolute atomic E-state index is 11.5. The van der Waals surface area contributed by atoms with Gasteiger partial charge >= 0.3 is 0 Å². The normalized spacial score (nSPS) is 24.7. The van der Waals surface area contributed by atoms with E-state index in [1.165, 1.54) is 7.11 Å². The molecule has 0 aromatic rings. The molecule has 0 bridgehead atoms. The van der Waals surface area contributed by atoms with Crippen LogP contribution in [0.5, 0.6) is 0 Å². The smallest absolute Gasteiger partial charge is 0.248 e. The molecular weight excluding hydrogens is 198 g/mol. The SMILES string of the molecule is COCC(=O)N1CCC2(CC1)OCCO2. The molecule has 0 radical (unpaired) electrons. The predicted molar refractivity (Wildman–Crippen MR) is 52.3 cm³/mol. The van der Waals surface area contributed by atoms with Gasteiger partial charge < -0.3 is 19.1 Å². The third-order valence-electron chi connectivity index (χ3n) is 2.96. The van der Waals surface area contributed by atoms with Crippen molar-refractivity contribution in [2.45, 2.75) is 18.6 Å². The Bertz CT molecular complexity index is 228. The van der Waals surface area contributed by atoms with E-state index in [1.807, 2.05) is 0 Å². The molecule has 0 aliphatic carbocycles. The molecule has 2 rings (SSSR count). The van der Waals surface area contributed by atoms with Gasteiger partial charge in [-0.3, -0.25) is 4.79 Å². The Hall–Kier alpha value is -0.650. The minimum absolute atomic E-state index is 0.0466. The standard InChI is InChI=1S/C10H17NO4/c1-13-8-9(12)11-4-2-10(3-5-11)14-6-7-15-10/h2-8H2,1H3. The number of likely N-dealkylation sites (tertiary alicyclic amines) is 1. The van der Waals surface area contributed by atoms with Gasteiger partial charge in [0.2, 0.25) is 5.91 Å². The molecule has 2 heterocycles. The number of nitrogens with zero attached hydrogens (tertiary/aromatic N) is 1. The van der Waals surface area contributed by atoms with Crippen molar-refractivity contribution in [2.75, 3.05) is 40.0 Å². The average molecular weight is 215 g/mol. The Labute approximate surface area is 89.3 Å². The molecule has 0 N–H and O–H groups in total. The minimum atomic E-state index is -0.399. The van der Waals surface area contributed by atoms with Gasteiger partial charge in [-0.1, -0.05) is 0 Å². The summed E-state index contributed by atoms with van der Waals surface area (Å²) in [5.41, 5.74) is 0. The van der Waals surface area contributed by atoms with Crippen molar-refractivity contribution in [3.63, 3.8) is 0 Å². The third kappa shape index (κ3) is 2.30. The number of carbonyl (C=O) groups is 1. The van der Waals surface area contributed by atoms with Gasteiger partial charge in [-0.25, -0.2) is 0 Å². The van der Waals surface area contributed by atoms with Gasteiger partial charge in [-0.05, 0) is 0 Å². The van der Waals surface area contributed by atoms with E-state index in [-0.39, 0.29) is 12.5 Å². The number of ether oxygens (including phenoxy) is 3. The first-order valence-electron chi connectivity index (χ1n) is 5.30. The van der Waals surface area contributed by atoms with Crippen LogP contribution in [-0.2, 0) is 19.0 Å². The van der Waals surface area contributed by atoms with Crippen molar-refractivity contribution < 1.29 is 19.0 Å². The summed E-state index contributed by atoms with van der Waals surface area (Å²) >= 11 is 0. The fourth-order valence-corrected chi connectivity index (χ4v) is 2.10. The number of hydrogen-bond donors (Lipinski definition) is 0. The maximum atomic E-state index is 11.5. The summed E-state index contributed by atoms with van der Waals surface area (Å²) in [5.74, 6) is -0.352. The largest absolute Gasteiger partial charge is 0.375 e. The molecule has 1 spiro atoms. The Morgan fingerprint density at radius 3 is 2.47 bits per heavy atom. The van der Waals surface area contributed by atoms with Crippen LogP contribution in [0.4, 0.5) is 0 Å². The number of hydrogen-bond acceptors (Lipinski definition) is 4. The van der Waals surface area contributed by atoms with Gasteiger partial charge in [-0.2, -0.15) is 0 Å². The lowest BCUT2D eigenvalue weighted by Crippen LogP contribution is -2.48. The molecule has 15 heavy (non-hydrogen) atoms. The van der Waals surface area contributed by atoms with E-state index in [9.17, 15) is 4.79 Å². The van der Waals surface area contributed by atoms with Crippen LogP contribution in [0.3, 0.4) is 0 Å². The van der Waals surface area contributed by atoms with Gasteiger partial charge in [0.25, 0.3) is 0 Å². The summed E-state index contributed by atoms with van der Waals surface area (Å²) in [7, 11) is 1.53. The van der Waals surface area contributed by atoms with E-state index in [2.05, 4.69) is 0 Å². The Kier molecular flexibility index (Phi) is 3.23. The highest BCUT2D eigenvalue weighted by atomic mass is 16.7. The van der Waals surface area contributed by atoms with E-state index in [4.69, 9.17) is 14.2 Å². The van der Waals surface area contributed by atoms with E-state index in [1.54, 1.807) is 4.90 Å². The number of methoxy groups -OCH3 is 1. The second-order valence-corrected chi connectivity index (χ2v) is 3.92. The minimum Gasteiger partial charge on any atom is -0.375 e. The molecule has 0 unspecified atom stereocenters. The van der Waals surface area contributed by atoms with Crippen LogP contribution in [0, 0.1) is 0 Å². The molecular formula is C10H17NO4. The van der Waals surface area contributed by atoms with Gasteiger partial charge in [0, 0.05) is 33.0 Å². The van der Waals surface area contributed by atoms with E-state index < -0.39 is 5.79 Å². The number of rotatable bonds is 2. The summed E-state index contributed by atoms with van der Waals surface area (Å²) in [4.78, 5) is 13.3. The predicted octanol–water partition coefficient (Wildman–Crippen LogP) is -0.00170. The van der Waals surface area contributed by atoms with Gasteiger partial charge in [0.05, 0.1) is 13.2 Å². The lowest BCUT2D eigenvalue weighted by Gasteiger charge is -2.37. The molecule has 0 aromatic carbocycles. The summed E-state index contributed by atoms with van der Waals surface area (Å²) in [6, 6.07) is 0. The van der Waals surface area contributed by atoms with Gasteiger partial charge in [0.15, 0.2) is 5.79 Å². The molecule has 2 fully saturated rings. The molecule has 0 aromatic heterocycles. The van der Waals surface area contributed by atoms with E-state index in [0.717, 1.165) is 12.8 Å². The lowest BCUT2D eigenvalue weighted by atomic mass is 10.0. The molecule has 0 saturated carbocycles. The van der Waals surface area contributed by atoms with Crippen molar-refractivity contribution in [3.8, 4) is 0 Å². The van der Waals surface area contributed by atoms with Crippen LogP contribution in [0.15, 0.2) is 0 Å². The van der Waals surface area contributed by atoms with Crippen molar-refractivity contribution in [3.05, 3.63) is 0 Å². The van der Waals surface area contributed by atoms with E-state index in [0.29, 0.717) is 26.3 Å². The zero-order valence-corrected chi connectivity index (χ0v) is 9.03. The van der Waals surface area contributed by atoms with Crippen LogP contribution in [0.1, 0.15) is 12.8 Å². The van der Waals surface area contributed by atoms with Gasteiger partial charge in [0.1, 0.15) is 6.61 Å². The number of piperidine rings is 1. The van der Waals surface area contributed by atoms with Crippen molar-refractivity contribution in [2.24, 2.45) is 0 Å². The van der Waals surface area contributed by atoms with Crippen LogP contribution in [0.2, 0.25) is 0 Å². The summed E-state index contributed by atoms with van der Waals surface area (Å²) in [6.45, 7) is 2.90. The molecule has 2 aliphatic rings. The monoisotopic (exact) mass is 215 g/mol. The van der Waals surface area contributed by atoms with Crippen molar-refractivity contribution in [1.29, 1.82) is 0 Å². The molecule has 1 amide bonds. The van der Waals surface area contributed by atoms with E-state index >= 15 is 0 Å². The Morgan fingerprint density at radius 2 is 1.93 bits per heavy atom. The summed E-state index contributed by atoms with van der Waals surface area (Å²) in [6.07, 6.45) is 1.53. The molecule has 0 atom stereocenters. The van der Waals surface area contributed by atoms with Crippen LogP contribution >= 0.6 is 0 Å². The van der Waals surface area contributed by atoms with Gasteiger partial charge in [-0.15, -0.1) is 0 Å². The highest BCUT2D eigenvalue weighted by Gasteiger charge is 2.40. The Balaban J connectivity index is 1.83. The summed E-state index contributed by atoms with van der Waals surface area (Å²) < 4.78 is 16.0. The number of carbonyl (C=O) groups excluding carboxylic acids is 1. The second kappa shape index (κ2) is 4.47. The first kappa shape index (κ1) is 10.9. The first-order chi connectivity index (χ1) is 7.26. The molecule has 2 aliphatic heterocycles. The second-order valence-electron chi connectivity index (χ2n) is 3.92. The quantitative estimate of drug-likeness (QED) is 0.650. The topological polar surface area (TPSA) is 48.0 Å². The molecule has 2 saturated heterocycles. The fourth-order valence-electron chi connectivity index (χ4n) is 2.10. The van der Waals surface area contributed by atoms with Crippen LogP contribution in [-0.4, -0.2) is 56.6 Å². The van der Waals surface area contributed by atoms with Crippen molar-refractivity contribution >= 4 is 5.91 Å². The zero-order chi connectivity index (χ0) is 10.7. The van der Waals surface area contributed by atoms with Crippen LogP contribution in [0.25, 0.3) is 0 Å². The van der Waals surface area contributed by atoms with Crippen molar-refractivity contribution in [1.82, 2.24) is 4.90 Å². The molecule has 5 nitrogen and oxygen atoms in total. The highest BCUT2D eigenvalue weighted by molar-refractivity contribution is 5.77. The highest BCUT2D eigenvalue weighted by Crippen LogP contribution is 2.31. The number of amides is 1. The Morgan fingerprint density at radius 1 is 1.33 bits per heavy atom. The molecule has 86 valence electrons. The fraction of sp³-hybridized carbons (Fsp3) is 0.900. The maximum Gasteiger partial charge on any atom is 0.248 e. The lowest BCUT2D eigenvalue weighted by molar-refractivity contribution is -0.188. The third-order valence-corrected chi connectivity index (χ3v) is 2.96. The molecule has 5 heteroatoms. The summed E-state index contributed by atoms with van der Waals surface area (Å²) in [5, 5.41) is 0. The van der Waals surface area contributed by atoms with Crippen LogP contribution < -0.4 is 0 Å². The first-order valence-corrected chi connectivity index (χ1v) is 5.30.